The zero-order valence-electron chi connectivity index (χ0n) is 11.4. The van der Waals surface area contributed by atoms with Crippen molar-refractivity contribution in [3.63, 3.8) is 0 Å². The molecule has 1 unspecified atom stereocenters. The second kappa shape index (κ2) is 4.19. The first-order valence-electron chi connectivity index (χ1n) is 6.74. The van der Waals surface area contributed by atoms with Gasteiger partial charge in [-0.3, -0.25) is 0 Å². The van der Waals surface area contributed by atoms with E-state index in [4.69, 9.17) is 0 Å². The number of hydrogen-bond acceptors (Lipinski definition) is 0. The molecule has 1 atom stereocenters. The molecule has 1 aromatic rings. The molecule has 1 heteroatoms. The maximum atomic E-state index is 2.55. The molecular formula is C16H21Hf. The predicted molar refractivity (Wildman–Crippen MR) is 71.4 cm³/mol. The molecule has 0 amide bonds. The number of hydrogen-bond donors (Lipinski definition) is 0. The summed E-state index contributed by atoms with van der Waals surface area (Å²) < 4.78 is 5.97. The summed E-state index contributed by atoms with van der Waals surface area (Å²) in [7, 11) is 0. The summed E-state index contributed by atoms with van der Waals surface area (Å²) in [5.41, 5.74) is 9.98. The van der Waals surface area contributed by atoms with Gasteiger partial charge in [0.1, 0.15) is 0 Å². The Hall–Kier alpha value is -0.170. The summed E-state index contributed by atoms with van der Waals surface area (Å²) in [6.07, 6.45) is 8.97. The van der Waals surface area contributed by atoms with Crippen LogP contribution in [-0.2, 0) is 34.3 Å². The van der Waals surface area contributed by atoms with Gasteiger partial charge in [0, 0.05) is 0 Å². The maximum absolute atomic E-state index is 2.55. The molecule has 3 rings (SSSR count). The molecule has 0 aliphatic heterocycles. The Balaban J connectivity index is 2.26. The molecule has 0 aromatic heterocycles. The first-order chi connectivity index (χ1) is 8.11. The Labute approximate surface area is 113 Å². The summed E-state index contributed by atoms with van der Waals surface area (Å²) >= 11 is -1.33. The van der Waals surface area contributed by atoms with Crippen LogP contribution in [0, 0.1) is 13.8 Å². The van der Waals surface area contributed by atoms with Crippen LogP contribution in [0.4, 0.5) is 0 Å². The topological polar surface area (TPSA) is 0 Å². The van der Waals surface area contributed by atoms with Crippen LogP contribution in [0.25, 0.3) is 6.08 Å². The minimum atomic E-state index is -1.33. The Morgan fingerprint density at radius 2 is 1.71 bits per heavy atom. The van der Waals surface area contributed by atoms with Gasteiger partial charge in [0.05, 0.1) is 0 Å². The SMILES string of the molecule is Cc1c2c(c(C)c3c1CCC3)[CH]([Hf]([CH3])[CH3])C=C2. The first-order valence-corrected chi connectivity index (χ1v) is 16.0. The van der Waals surface area contributed by atoms with E-state index in [1.807, 2.05) is 0 Å². The second-order valence-corrected chi connectivity index (χ2v) is 15.8. The molecule has 0 nitrogen and oxygen atoms in total. The monoisotopic (exact) mass is 393 g/mol. The summed E-state index contributed by atoms with van der Waals surface area (Å²) in [4.78, 5) is 0. The molecular weight excluding hydrogens is 371 g/mol. The van der Waals surface area contributed by atoms with Crippen LogP contribution in [0.2, 0.25) is 9.36 Å². The van der Waals surface area contributed by atoms with Crippen LogP contribution in [0.1, 0.15) is 43.5 Å². The van der Waals surface area contributed by atoms with Crippen LogP contribution in [-0.4, -0.2) is 0 Å². The van der Waals surface area contributed by atoms with E-state index in [0.717, 1.165) is 3.67 Å². The number of allylic oxidation sites excluding steroid dienone is 1. The Bertz CT molecular complexity index is 509. The Kier molecular flexibility index (Phi) is 2.93. The third-order valence-electron chi connectivity index (χ3n) is 4.61. The summed E-state index contributed by atoms with van der Waals surface area (Å²) in [5.74, 6) is 0. The Morgan fingerprint density at radius 3 is 2.35 bits per heavy atom. The molecule has 0 saturated carbocycles. The fraction of sp³-hybridized carbons (Fsp3) is 0.500. The van der Waals surface area contributed by atoms with Crippen LogP contribution < -0.4 is 0 Å². The van der Waals surface area contributed by atoms with Crippen molar-refractivity contribution >= 4 is 6.08 Å². The number of rotatable bonds is 1. The fourth-order valence-corrected chi connectivity index (χ4v) is 8.83. The van der Waals surface area contributed by atoms with E-state index in [0.29, 0.717) is 0 Å². The normalized spacial score (nSPS) is 20.6. The van der Waals surface area contributed by atoms with E-state index >= 15 is 0 Å². The van der Waals surface area contributed by atoms with Crippen molar-refractivity contribution in [3.8, 4) is 0 Å². The third kappa shape index (κ3) is 1.65. The minimum absolute atomic E-state index is 0.861. The van der Waals surface area contributed by atoms with Crippen LogP contribution in [0.5, 0.6) is 0 Å². The van der Waals surface area contributed by atoms with Crippen molar-refractivity contribution in [2.75, 3.05) is 0 Å². The zero-order chi connectivity index (χ0) is 12.2. The van der Waals surface area contributed by atoms with Gasteiger partial charge in [-0.25, -0.2) is 0 Å². The van der Waals surface area contributed by atoms with Crippen molar-refractivity contribution in [1.29, 1.82) is 0 Å². The van der Waals surface area contributed by atoms with Gasteiger partial charge in [-0.2, -0.15) is 0 Å². The van der Waals surface area contributed by atoms with Crippen molar-refractivity contribution in [2.24, 2.45) is 0 Å². The summed E-state index contributed by atoms with van der Waals surface area (Å²) in [6.45, 7) is 4.74. The van der Waals surface area contributed by atoms with E-state index in [-0.39, 0.29) is 0 Å². The molecule has 0 bridgehead atoms. The molecule has 0 radical (unpaired) electrons. The number of fused-ring (bicyclic) bond motifs is 2. The van der Waals surface area contributed by atoms with Gasteiger partial charge in [-0.05, 0) is 0 Å². The fourth-order valence-electron chi connectivity index (χ4n) is 3.69. The van der Waals surface area contributed by atoms with Gasteiger partial charge < -0.3 is 0 Å². The van der Waals surface area contributed by atoms with Gasteiger partial charge in [0.15, 0.2) is 0 Å². The molecule has 89 valence electrons. The third-order valence-corrected chi connectivity index (χ3v) is 10.8. The Morgan fingerprint density at radius 1 is 1.06 bits per heavy atom. The summed E-state index contributed by atoms with van der Waals surface area (Å²) in [5, 5.41) is 0. The van der Waals surface area contributed by atoms with Crippen molar-refractivity contribution < 1.29 is 21.4 Å². The van der Waals surface area contributed by atoms with E-state index in [1.54, 1.807) is 33.4 Å². The number of benzene rings is 1. The average Bonchev–Trinajstić information content (AvgIpc) is 2.92. The van der Waals surface area contributed by atoms with Crippen molar-refractivity contribution in [2.45, 2.75) is 46.1 Å². The molecule has 0 N–H and O–H groups in total. The van der Waals surface area contributed by atoms with Gasteiger partial charge in [0.2, 0.25) is 0 Å². The quantitative estimate of drug-likeness (QED) is 0.615. The van der Waals surface area contributed by atoms with Gasteiger partial charge in [0.25, 0.3) is 0 Å². The van der Waals surface area contributed by atoms with Crippen molar-refractivity contribution in [1.82, 2.24) is 0 Å². The molecule has 0 fully saturated rings. The zero-order valence-corrected chi connectivity index (χ0v) is 14.9. The van der Waals surface area contributed by atoms with Crippen LogP contribution in [0.3, 0.4) is 0 Å². The molecule has 2 aliphatic carbocycles. The standard InChI is InChI=1S/C14H15.2CH3.Hf/c1-9-11-5-3-7-13(11)10(2)14-8-4-6-12(9)14;;;/h3,5,7H,4,6,8H2,1-2H3;2*1H3;. The van der Waals surface area contributed by atoms with E-state index in [2.05, 4.69) is 35.4 Å². The molecule has 17 heavy (non-hydrogen) atoms. The molecule has 1 aromatic carbocycles. The van der Waals surface area contributed by atoms with Gasteiger partial charge in [-0.1, -0.05) is 0 Å². The second-order valence-electron chi connectivity index (χ2n) is 5.80. The van der Waals surface area contributed by atoms with Crippen LogP contribution in [0.15, 0.2) is 6.08 Å². The van der Waals surface area contributed by atoms with Crippen molar-refractivity contribution in [3.05, 3.63) is 39.5 Å². The molecule has 0 saturated heterocycles. The first kappa shape index (κ1) is 11.9. The predicted octanol–water partition coefficient (Wildman–Crippen LogP) is 4.57. The van der Waals surface area contributed by atoms with E-state index in [1.165, 1.54) is 19.3 Å². The van der Waals surface area contributed by atoms with E-state index in [9.17, 15) is 0 Å². The molecule has 2 aliphatic rings. The van der Waals surface area contributed by atoms with Gasteiger partial charge >= 0.3 is 113 Å². The average molecular weight is 392 g/mol. The molecule has 0 heterocycles. The molecule has 0 spiro atoms. The summed E-state index contributed by atoms with van der Waals surface area (Å²) in [6, 6.07) is 0. The van der Waals surface area contributed by atoms with E-state index < -0.39 is 21.4 Å². The van der Waals surface area contributed by atoms with Gasteiger partial charge in [-0.15, -0.1) is 0 Å². The van der Waals surface area contributed by atoms with Crippen LogP contribution >= 0.6 is 0 Å².